The predicted octanol–water partition coefficient (Wildman–Crippen LogP) is 4.32. The molecule has 0 aromatic heterocycles. The molecule has 0 aliphatic heterocycles. The lowest BCUT2D eigenvalue weighted by molar-refractivity contribution is -0.384. The number of nitro groups is 1. The molecule has 3 rings (SSSR count). The number of halogens is 1. The fourth-order valence-electron chi connectivity index (χ4n) is 2.86. The summed E-state index contributed by atoms with van der Waals surface area (Å²) in [6, 6.07) is 14.3. The van der Waals surface area contributed by atoms with Crippen LogP contribution in [0.1, 0.15) is 10.4 Å². The van der Waals surface area contributed by atoms with Crippen LogP contribution in [0.3, 0.4) is 0 Å². The van der Waals surface area contributed by atoms with Crippen molar-refractivity contribution >= 4 is 44.6 Å². The Morgan fingerprint density at radius 2 is 1.58 bits per heavy atom. The minimum Gasteiger partial charge on any atom is -0.494 e. The highest BCUT2D eigenvalue weighted by molar-refractivity contribution is 7.92. The molecule has 1 amide bonds. The number of rotatable bonds is 8. The number of benzene rings is 3. The van der Waals surface area contributed by atoms with Crippen LogP contribution in [-0.4, -0.2) is 33.5 Å². The number of ether oxygens (including phenoxy) is 2. The summed E-state index contributed by atoms with van der Waals surface area (Å²) in [6.45, 7) is 0. The van der Waals surface area contributed by atoms with E-state index in [0.717, 1.165) is 18.2 Å². The second-order valence-corrected chi connectivity index (χ2v) is 8.64. The monoisotopic (exact) mass is 491 g/mol. The van der Waals surface area contributed by atoms with Crippen LogP contribution in [0.5, 0.6) is 11.5 Å². The number of nitro benzene ring substituents is 1. The summed E-state index contributed by atoms with van der Waals surface area (Å²) in [5.74, 6) is -0.177. The predicted molar refractivity (Wildman–Crippen MR) is 123 cm³/mol. The Kier molecular flexibility index (Phi) is 7.04. The third kappa shape index (κ3) is 5.33. The lowest BCUT2D eigenvalue weighted by atomic mass is 10.2. The number of methoxy groups -OCH3 is 2. The van der Waals surface area contributed by atoms with Gasteiger partial charge in [-0.15, -0.1) is 0 Å². The number of hydrogen-bond donors (Lipinski definition) is 2. The van der Waals surface area contributed by atoms with Crippen molar-refractivity contribution in [3.05, 3.63) is 81.4 Å². The molecule has 33 heavy (non-hydrogen) atoms. The van der Waals surface area contributed by atoms with Gasteiger partial charge in [-0.3, -0.25) is 19.6 Å². The van der Waals surface area contributed by atoms with Crippen LogP contribution < -0.4 is 19.5 Å². The molecule has 0 aliphatic rings. The fourth-order valence-corrected chi connectivity index (χ4v) is 4.13. The average Bonchev–Trinajstić information content (AvgIpc) is 2.79. The van der Waals surface area contributed by atoms with E-state index in [2.05, 4.69) is 10.0 Å². The number of nitrogens with one attached hydrogen (secondary N) is 2. The highest BCUT2D eigenvalue weighted by Crippen LogP contribution is 2.38. The minimum absolute atomic E-state index is 0.00957. The van der Waals surface area contributed by atoms with Crippen molar-refractivity contribution in [1.29, 1.82) is 0 Å². The Morgan fingerprint density at radius 3 is 2.18 bits per heavy atom. The molecule has 0 unspecified atom stereocenters. The number of carbonyl (C=O) groups excluding carboxylic acids is 1. The summed E-state index contributed by atoms with van der Waals surface area (Å²) in [5.41, 5.74) is 0.0913. The molecule has 0 fully saturated rings. The summed E-state index contributed by atoms with van der Waals surface area (Å²) in [6.07, 6.45) is 0. The number of carbonyl (C=O) groups is 1. The smallest absolute Gasteiger partial charge is 0.289 e. The third-order valence-electron chi connectivity index (χ3n) is 4.47. The fraction of sp³-hybridized carbons (Fsp3) is 0.0952. The van der Waals surface area contributed by atoms with Crippen molar-refractivity contribution in [3.8, 4) is 11.5 Å². The topological polar surface area (TPSA) is 137 Å². The molecule has 172 valence electrons. The molecular formula is C21H18ClN3O7S. The first-order valence-electron chi connectivity index (χ1n) is 9.25. The van der Waals surface area contributed by atoms with Gasteiger partial charge in [-0.05, 0) is 24.3 Å². The Bertz CT molecular complexity index is 1310. The molecule has 0 spiro atoms. The van der Waals surface area contributed by atoms with E-state index in [4.69, 9.17) is 21.1 Å². The molecule has 0 radical (unpaired) electrons. The van der Waals surface area contributed by atoms with Gasteiger partial charge >= 0.3 is 0 Å². The van der Waals surface area contributed by atoms with Crippen LogP contribution in [0.15, 0.2) is 65.6 Å². The lowest BCUT2D eigenvalue weighted by Crippen LogP contribution is -2.15. The third-order valence-corrected chi connectivity index (χ3v) is 6.16. The van der Waals surface area contributed by atoms with Crippen LogP contribution in [0.25, 0.3) is 0 Å². The number of nitrogens with zero attached hydrogens (tertiary/aromatic N) is 1. The van der Waals surface area contributed by atoms with Crippen molar-refractivity contribution in [1.82, 2.24) is 0 Å². The van der Waals surface area contributed by atoms with Crippen molar-refractivity contribution in [3.63, 3.8) is 0 Å². The minimum atomic E-state index is -4.26. The van der Waals surface area contributed by atoms with Crippen LogP contribution in [-0.2, 0) is 10.0 Å². The average molecular weight is 492 g/mol. The standard InChI is InChI=1S/C21H18ClN3O7S/c1-31-19-12-17(24-33(29,30)14-8-9-15(22)18(10-14)25(27)28)20(32-2)11-16(19)23-21(26)13-6-4-3-5-7-13/h3-12,24H,1-2H3,(H,23,26). The van der Waals surface area contributed by atoms with E-state index in [0.29, 0.717) is 5.56 Å². The second kappa shape index (κ2) is 9.76. The molecule has 0 atom stereocenters. The molecule has 3 aromatic rings. The highest BCUT2D eigenvalue weighted by atomic mass is 35.5. The normalized spacial score (nSPS) is 10.9. The number of amides is 1. The molecule has 0 bridgehead atoms. The van der Waals surface area contributed by atoms with E-state index in [1.165, 1.54) is 26.4 Å². The van der Waals surface area contributed by atoms with Gasteiger partial charge in [-0.25, -0.2) is 8.42 Å². The number of sulfonamides is 1. The maximum atomic E-state index is 12.9. The molecule has 0 heterocycles. The van der Waals surface area contributed by atoms with Gasteiger partial charge in [0.2, 0.25) is 0 Å². The maximum Gasteiger partial charge on any atom is 0.289 e. The van der Waals surface area contributed by atoms with Gasteiger partial charge in [0, 0.05) is 23.8 Å². The van der Waals surface area contributed by atoms with Gasteiger partial charge in [0.25, 0.3) is 21.6 Å². The molecule has 0 saturated carbocycles. The maximum absolute atomic E-state index is 12.9. The Hall–Kier alpha value is -3.83. The van der Waals surface area contributed by atoms with Gasteiger partial charge in [0.15, 0.2) is 0 Å². The largest absolute Gasteiger partial charge is 0.494 e. The zero-order chi connectivity index (χ0) is 24.2. The van der Waals surface area contributed by atoms with E-state index in [9.17, 15) is 23.3 Å². The highest BCUT2D eigenvalue weighted by Gasteiger charge is 2.23. The zero-order valence-corrected chi connectivity index (χ0v) is 18.9. The SMILES string of the molecule is COc1cc(NS(=O)(=O)c2ccc(Cl)c([N+](=O)[O-])c2)c(OC)cc1NC(=O)c1ccccc1. The van der Waals surface area contributed by atoms with Crippen LogP contribution in [0, 0.1) is 10.1 Å². The van der Waals surface area contributed by atoms with Gasteiger partial charge in [0.05, 0.1) is 35.4 Å². The second-order valence-electron chi connectivity index (χ2n) is 6.55. The summed E-state index contributed by atoms with van der Waals surface area (Å²) in [4.78, 5) is 22.5. The van der Waals surface area contributed by atoms with Gasteiger partial charge < -0.3 is 14.8 Å². The van der Waals surface area contributed by atoms with Gasteiger partial charge in [-0.1, -0.05) is 29.8 Å². The Labute approximate surface area is 194 Å². The first-order chi connectivity index (χ1) is 15.7. The summed E-state index contributed by atoms with van der Waals surface area (Å²) in [5, 5.41) is 13.6. The Balaban J connectivity index is 1.96. The summed E-state index contributed by atoms with van der Waals surface area (Å²) < 4.78 is 38.6. The van der Waals surface area contributed by atoms with E-state index in [1.54, 1.807) is 30.3 Å². The van der Waals surface area contributed by atoms with Gasteiger partial charge in [-0.2, -0.15) is 0 Å². The molecule has 2 N–H and O–H groups in total. The first kappa shape index (κ1) is 23.8. The molecule has 10 nitrogen and oxygen atoms in total. The molecule has 0 saturated heterocycles. The molecular weight excluding hydrogens is 474 g/mol. The van der Waals surface area contributed by atoms with Crippen molar-refractivity contribution in [2.75, 3.05) is 24.3 Å². The van der Waals surface area contributed by atoms with Crippen molar-refractivity contribution < 1.29 is 27.6 Å². The van der Waals surface area contributed by atoms with Crippen LogP contribution in [0.4, 0.5) is 17.1 Å². The van der Waals surface area contributed by atoms with Crippen molar-refractivity contribution in [2.45, 2.75) is 4.90 Å². The Morgan fingerprint density at radius 1 is 0.970 bits per heavy atom. The van der Waals surface area contributed by atoms with Gasteiger partial charge in [0.1, 0.15) is 16.5 Å². The molecule has 0 aliphatic carbocycles. The molecule has 12 heteroatoms. The number of hydrogen-bond acceptors (Lipinski definition) is 7. The number of anilines is 2. The van der Waals surface area contributed by atoms with E-state index < -0.39 is 26.5 Å². The van der Waals surface area contributed by atoms with E-state index in [1.807, 2.05) is 0 Å². The quantitative estimate of drug-likeness (QED) is 0.353. The van der Waals surface area contributed by atoms with E-state index >= 15 is 0 Å². The summed E-state index contributed by atoms with van der Waals surface area (Å²) >= 11 is 5.76. The van der Waals surface area contributed by atoms with Crippen LogP contribution >= 0.6 is 11.6 Å². The van der Waals surface area contributed by atoms with Crippen LogP contribution in [0.2, 0.25) is 5.02 Å². The summed E-state index contributed by atoms with van der Waals surface area (Å²) in [7, 11) is -1.60. The zero-order valence-electron chi connectivity index (χ0n) is 17.4. The first-order valence-corrected chi connectivity index (χ1v) is 11.1. The van der Waals surface area contributed by atoms with Crippen molar-refractivity contribution in [2.24, 2.45) is 0 Å². The lowest BCUT2D eigenvalue weighted by Gasteiger charge is -2.17. The molecule has 3 aromatic carbocycles. The van der Waals surface area contributed by atoms with E-state index in [-0.39, 0.29) is 32.8 Å².